The summed E-state index contributed by atoms with van der Waals surface area (Å²) in [5.74, 6) is -1.04. The molecule has 2 aromatic carbocycles. The molecule has 1 N–H and O–H groups in total. The zero-order chi connectivity index (χ0) is 18.0. The second kappa shape index (κ2) is 7.28. The van der Waals surface area contributed by atoms with Crippen molar-refractivity contribution in [1.82, 2.24) is 5.32 Å². The molecule has 1 fully saturated rings. The fourth-order valence-corrected chi connectivity index (χ4v) is 3.24. The van der Waals surface area contributed by atoms with Gasteiger partial charge in [-0.25, -0.2) is 0 Å². The third kappa shape index (κ3) is 3.69. The lowest BCUT2D eigenvalue weighted by molar-refractivity contribution is -0.132. The number of aryl methyl sites for hydroxylation is 1. The molecule has 2 amide bonds. The molecule has 0 saturated carbocycles. The first-order valence-corrected chi connectivity index (χ1v) is 8.78. The van der Waals surface area contributed by atoms with Gasteiger partial charge in [0.1, 0.15) is 5.92 Å². The first-order chi connectivity index (χ1) is 12.0. The molecule has 5 heteroatoms. The Balaban J connectivity index is 1.69. The molecule has 2 atom stereocenters. The van der Waals surface area contributed by atoms with Crippen LogP contribution in [0.25, 0.3) is 0 Å². The van der Waals surface area contributed by atoms with E-state index in [1.807, 2.05) is 56.3 Å². The summed E-state index contributed by atoms with van der Waals surface area (Å²) in [6, 6.07) is 15.1. The van der Waals surface area contributed by atoms with Crippen LogP contribution in [0.5, 0.6) is 0 Å². The molecule has 3 rings (SSSR count). The Morgan fingerprint density at radius 1 is 1.24 bits per heavy atom. The number of benzene rings is 2. The number of halogens is 1. The summed E-state index contributed by atoms with van der Waals surface area (Å²) in [7, 11) is 0. The highest BCUT2D eigenvalue weighted by Gasteiger charge is 2.38. The summed E-state index contributed by atoms with van der Waals surface area (Å²) in [6.07, 6.45) is 0.512. The van der Waals surface area contributed by atoms with E-state index in [-0.39, 0.29) is 17.9 Å². The number of hydrogen-bond donors (Lipinski definition) is 1. The van der Waals surface area contributed by atoms with Gasteiger partial charge in [-0.1, -0.05) is 48.0 Å². The minimum atomic E-state index is -0.647. The van der Waals surface area contributed by atoms with Gasteiger partial charge in [-0.2, -0.15) is 0 Å². The average Bonchev–Trinajstić information content (AvgIpc) is 2.99. The molecule has 1 heterocycles. The fraction of sp³-hybridized carbons (Fsp3) is 0.300. The van der Waals surface area contributed by atoms with Crippen molar-refractivity contribution in [3.63, 3.8) is 0 Å². The van der Waals surface area contributed by atoms with Gasteiger partial charge in [0.2, 0.25) is 11.8 Å². The molecular weight excluding hydrogens is 336 g/mol. The van der Waals surface area contributed by atoms with Crippen LogP contribution in [-0.2, 0) is 9.59 Å². The first-order valence-electron chi connectivity index (χ1n) is 8.40. The van der Waals surface area contributed by atoms with E-state index in [1.54, 1.807) is 11.0 Å². The maximum Gasteiger partial charge on any atom is 0.239 e. The fourth-order valence-electron chi connectivity index (χ4n) is 3.07. The molecule has 4 nitrogen and oxygen atoms in total. The lowest BCUT2D eigenvalue weighted by Gasteiger charge is -2.19. The van der Waals surface area contributed by atoms with Gasteiger partial charge in [0.05, 0.1) is 6.04 Å². The molecule has 1 aliphatic rings. The third-order valence-corrected chi connectivity index (χ3v) is 5.05. The predicted octanol–water partition coefficient (Wildman–Crippen LogP) is 3.88. The van der Waals surface area contributed by atoms with Crippen LogP contribution in [0.4, 0.5) is 5.69 Å². The highest BCUT2D eigenvalue weighted by atomic mass is 35.5. The standard InChI is InChI=1S/C20H21ClN2O2/c1-13-8-9-16(12-18(13)21)23-11-10-17(20(23)25)19(24)22-14(2)15-6-4-3-5-7-15/h3-9,12,14,17H,10-11H2,1-2H3,(H,22,24)/t14-,17-/m1/s1. The van der Waals surface area contributed by atoms with Crippen LogP contribution in [0, 0.1) is 12.8 Å². The van der Waals surface area contributed by atoms with E-state index in [2.05, 4.69) is 5.32 Å². The summed E-state index contributed by atoms with van der Waals surface area (Å²) < 4.78 is 0. The molecule has 0 radical (unpaired) electrons. The molecular formula is C20H21ClN2O2. The van der Waals surface area contributed by atoms with E-state index in [4.69, 9.17) is 11.6 Å². The number of nitrogens with one attached hydrogen (secondary N) is 1. The molecule has 1 saturated heterocycles. The number of amides is 2. The summed E-state index contributed by atoms with van der Waals surface area (Å²) in [4.78, 5) is 26.9. The zero-order valence-corrected chi connectivity index (χ0v) is 15.1. The number of anilines is 1. The van der Waals surface area contributed by atoms with Crippen molar-refractivity contribution in [1.29, 1.82) is 0 Å². The SMILES string of the molecule is Cc1ccc(N2CC[C@H](C(=O)N[C@H](C)c3ccccc3)C2=O)cc1Cl. The van der Waals surface area contributed by atoms with Crippen molar-refractivity contribution in [3.8, 4) is 0 Å². The van der Waals surface area contributed by atoms with E-state index < -0.39 is 5.92 Å². The minimum absolute atomic E-state index is 0.135. The topological polar surface area (TPSA) is 49.4 Å². The zero-order valence-electron chi connectivity index (χ0n) is 14.3. The molecule has 25 heavy (non-hydrogen) atoms. The normalized spacial score (nSPS) is 18.3. The Morgan fingerprint density at radius 3 is 2.64 bits per heavy atom. The Bertz CT molecular complexity index is 792. The lowest BCUT2D eigenvalue weighted by atomic mass is 10.0. The molecule has 1 aliphatic heterocycles. The first kappa shape index (κ1) is 17.5. The quantitative estimate of drug-likeness (QED) is 0.845. The highest BCUT2D eigenvalue weighted by Crippen LogP contribution is 2.29. The van der Waals surface area contributed by atoms with Gasteiger partial charge >= 0.3 is 0 Å². The van der Waals surface area contributed by atoms with E-state index >= 15 is 0 Å². The van der Waals surface area contributed by atoms with Crippen LogP contribution in [0.1, 0.15) is 30.5 Å². The second-order valence-electron chi connectivity index (χ2n) is 6.41. The van der Waals surface area contributed by atoms with Crippen LogP contribution in [0.2, 0.25) is 5.02 Å². The van der Waals surface area contributed by atoms with Crippen LogP contribution in [0.15, 0.2) is 48.5 Å². The van der Waals surface area contributed by atoms with Gasteiger partial charge in [-0.3, -0.25) is 9.59 Å². The van der Waals surface area contributed by atoms with Crippen LogP contribution in [0.3, 0.4) is 0 Å². The van der Waals surface area contributed by atoms with Crippen molar-refractivity contribution in [3.05, 3.63) is 64.7 Å². The third-order valence-electron chi connectivity index (χ3n) is 4.65. The Hall–Kier alpha value is -2.33. The number of hydrogen-bond acceptors (Lipinski definition) is 2. The largest absolute Gasteiger partial charge is 0.349 e. The van der Waals surface area contributed by atoms with E-state index in [0.29, 0.717) is 18.0 Å². The molecule has 0 spiro atoms. The van der Waals surface area contributed by atoms with Crippen molar-refractivity contribution in [2.75, 3.05) is 11.4 Å². The number of carbonyl (C=O) groups is 2. The van der Waals surface area contributed by atoms with Crippen molar-refractivity contribution >= 4 is 29.1 Å². The monoisotopic (exact) mass is 356 g/mol. The summed E-state index contributed by atoms with van der Waals surface area (Å²) in [5.41, 5.74) is 2.72. The number of rotatable bonds is 4. The van der Waals surface area contributed by atoms with Crippen molar-refractivity contribution in [2.24, 2.45) is 5.92 Å². The average molecular weight is 357 g/mol. The second-order valence-corrected chi connectivity index (χ2v) is 6.81. The van der Waals surface area contributed by atoms with Gasteiger partial charge in [-0.15, -0.1) is 0 Å². The molecule has 0 bridgehead atoms. The van der Waals surface area contributed by atoms with Gasteiger partial charge in [0.25, 0.3) is 0 Å². The summed E-state index contributed by atoms with van der Waals surface area (Å²) in [6.45, 7) is 4.36. The summed E-state index contributed by atoms with van der Waals surface area (Å²) >= 11 is 6.16. The van der Waals surface area contributed by atoms with Crippen LogP contribution >= 0.6 is 11.6 Å². The maximum absolute atomic E-state index is 12.7. The Labute approximate surface area is 152 Å². The van der Waals surface area contributed by atoms with E-state index in [0.717, 1.165) is 16.8 Å². The van der Waals surface area contributed by atoms with Gasteiger partial charge in [-0.05, 0) is 43.5 Å². The maximum atomic E-state index is 12.7. The van der Waals surface area contributed by atoms with Gasteiger partial charge in [0, 0.05) is 17.3 Å². The molecule has 0 aliphatic carbocycles. The van der Waals surface area contributed by atoms with Gasteiger partial charge in [0.15, 0.2) is 0 Å². The van der Waals surface area contributed by atoms with E-state index in [1.165, 1.54) is 0 Å². The predicted molar refractivity (Wildman–Crippen MR) is 99.6 cm³/mol. The van der Waals surface area contributed by atoms with Crippen molar-refractivity contribution < 1.29 is 9.59 Å². The Kier molecular flexibility index (Phi) is 5.09. The molecule has 2 aromatic rings. The van der Waals surface area contributed by atoms with Gasteiger partial charge < -0.3 is 10.2 Å². The summed E-state index contributed by atoms with van der Waals surface area (Å²) in [5, 5.41) is 3.57. The van der Waals surface area contributed by atoms with E-state index in [9.17, 15) is 9.59 Å². The smallest absolute Gasteiger partial charge is 0.239 e. The molecule has 0 aromatic heterocycles. The van der Waals surface area contributed by atoms with Crippen molar-refractivity contribution in [2.45, 2.75) is 26.3 Å². The van der Waals surface area contributed by atoms with Crippen LogP contribution < -0.4 is 10.2 Å². The molecule has 130 valence electrons. The lowest BCUT2D eigenvalue weighted by Crippen LogP contribution is -2.38. The minimum Gasteiger partial charge on any atom is -0.349 e. The molecule has 0 unspecified atom stereocenters. The number of carbonyl (C=O) groups excluding carboxylic acids is 2. The Morgan fingerprint density at radius 2 is 1.96 bits per heavy atom. The van der Waals surface area contributed by atoms with Crippen LogP contribution in [-0.4, -0.2) is 18.4 Å². The highest BCUT2D eigenvalue weighted by molar-refractivity contribution is 6.31. The number of nitrogens with zero attached hydrogens (tertiary/aromatic N) is 1.